The molecule has 102 valence electrons. The van der Waals surface area contributed by atoms with E-state index in [1.807, 2.05) is 13.0 Å². The number of rotatable bonds is 4. The van der Waals surface area contributed by atoms with Gasteiger partial charge in [0.05, 0.1) is 5.56 Å². The maximum absolute atomic E-state index is 9.13. The lowest BCUT2D eigenvalue weighted by Crippen LogP contribution is -2.09. The molecule has 0 aliphatic rings. The second-order valence-electron chi connectivity index (χ2n) is 4.92. The van der Waals surface area contributed by atoms with E-state index in [2.05, 4.69) is 54.5 Å². The molecule has 0 saturated carbocycles. The van der Waals surface area contributed by atoms with Gasteiger partial charge in [-0.15, -0.1) is 0 Å². The van der Waals surface area contributed by atoms with Crippen LogP contribution in [0.5, 0.6) is 0 Å². The Morgan fingerprint density at radius 1 is 1.20 bits per heavy atom. The summed E-state index contributed by atoms with van der Waals surface area (Å²) in [6.07, 6.45) is 1.04. The van der Waals surface area contributed by atoms with Gasteiger partial charge >= 0.3 is 0 Å². The molecule has 1 heterocycles. The molecule has 1 aromatic heterocycles. The third kappa shape index (κ3) is 3.16. The lowest BCUT2D eigenvalue weighted by atomic mass is 10.0. The summed E-state index contributed by atoms with van der Waals surface area (Å²) >= 11 is 0. The average Bonchev–Trinajstić information content (AvgIpc) is 2.47. The van der Waals surface area contributed by atoms with Crippen LogP contribution in [0.3, 0.4) is 0 Å². The number of nitrogens with zero attached hydrogens (tertiary/aromatic N) is 2. The number of hydrogen-bond donors (Lipinski definition) is 1. The highest BCUT2D eigenvalue weighted by atomic mass is 15.0. The van der Waals surface area contributed by atoms with Crippen molar-refractivity contribution in [3.8, 4) is 6.07 Å². The largest absolute Gasteiger partial charge is 0.362 e. The number of aryl methyl sites for hydroxylation is 2. The fourth-order valence-electron chi connectivity index (χ4n) is 2.09. The summed E-state index contributed by atoms with van der Waals surface area (Å²) < 4.78 is 0. The van der Waals surface area contributed by atoms with Gasteiger partial charge in [0.25, 0.3) is 0 Å². The highest BCUT2D eigenvalue weighted by Crippen LogP contribution is 2.21. The van der Waals surface area contributed by atoms with E-state index in [0.29, 0.717) is 11.4 Å². The number of benzene rings is 1. The summed E-state index contributed by atoms with van der Waals surface area (Å²) in [7, 11) is 0. The smallest absolute Gasteiger partial charge is 0.144 e. The molecular formula is C17H19N3. The topological polar surface area (TPSA) is 48.7 Å². The fraction of sp³-hybridized carbons (Fsp3) is 0.294. The van der Waals surface area contributed by atoms with E-state index < -0.39 is 0 Å². The predicted octanol–water partition coefficient (Wildman–Crippen LogP) is 4.00. The van der Waals surface area contributed by atoms with Crippen molar-refractivity contribution in [3.05, 3.63) is 58.8 Å². The van der Waals surface area contributed by atoms with Gasteiger partial charge < -0.3 is 5.32 Å². The minimum absolute atomic E-state index is 0.113. The zero-order valence-corrected chi connectivity index (χ0v) is 12.1. The second-order valence-corrected chi connectivity index (χ2v) is 4.92. The lowest BCUT2D eigenvalue weighted by Gasteiger charge is -2.16. The molecule has 20 heavy (non-hydrogen) atoms. The zero-order valence-electron chi connectivity index (χ0n) is 12.1. The number of nitrogens with one attached hydrogen (secondary N) is 1. The quantitative estimate of drug-likeness (QED) is 0.909. The molecule has 0 bridgehead atoms. The number of nitriles is 1. The molecule has 0 spiro atoms. The summed E-state index contributed by atoms with van der Waals surface area (Å²) in [5.41, 5.74) is 3.99. The third-order valence-electron chi connectivity index (χ3n) is 3.40. The van der Waals surface area contributed by atoms with Gasteiger partial charge in [0.1, 0.15) is 11.9 Å². The maximum Gasteiger partial charge on any atom is 0.144 e. The zero-order chi connectivity index (χ0) is 14.5. The van der Waals surface area contributed by atoms with Crippen molar-refractivity contribution in [2.24, 2.45) is 0 Å². The molecule has 0 aliphatic carbocycles. The van der Waals surface area contributed by atoms with Crippen molar-refractivity contribution >= 4 is 5.82 Å². The van der Waals surface area contributed by atoms with Crippen LogP contribution in [-0.4, -0.2) is 4.98 Å². The Bertz CT molecular complexity index is 624. The molecule has 3 nitrogen and oxygen atoms in total. The van der Waals surface area contributed by atoms with Crippen LogP contribution in [0, 0.1) is 18.3 Å². The van der Waals surface area contributed by atoms with Gasteiger partial charge in [0, 0.05) is 11.7 Å². The Balaban J connectivity index is 2.20. The normalized spacial score (nSPS) is 11.7. The van der Waals surface area contributed by atoms with Crippen molar-refractivity contribution in [2.75, 3.05) is 5.32 Å². The van der Waals surface area contributed by atoms with E-state index in [4.69, 9.17) is 5.26 Å². The van der Waals surface area contributed by atoms with Crippen LogP contribution in [-0.2, 0) is 6.42 Å². The second kappa shape index (κ2) is 6.21. The highest BCUT2D eigenvalue weighted by Gasteiger charge is 2.09. The van der Waals surface area contributed by atoms with E-state index in [0.717, 1.165) is 12.1 Å². The predicted molar refractivity (Wildman–Crippen MR) is 81.5 cm³/mol. The van der Waals surface area contributed by atoms with E-state index in [-0.39, 0.29) is 6.04 Å². The third-order valence-corrected chi connectivity index (χ3v) is 3.40. The summed E-state index contributed by atoms with van der Waals surface area (Å²) in [6, 6.07) is 14.5. The molecule has 2 rings (SSSR count). The molecule has 3 heteroatoms. The van der Waals surface area contributed by atoms with Gasteiger partial charge in [-0.05, 0) is 43.5 Å². The fourth-order valence-corrected chi connectivity index (χ4v) is 2.09. The van der Waals surface area contributed by atoms with Crippen molar-refractivity contribution < 1.29 is 0 Å². The Hall–Kier alpha value is -2.34. The van der Waals surface area contributed by atoms with E-state index >= 15 is 0 Å². The molecule has 1 aromatic carbocycles. The van der Waals surface area contributed by atoms with Crippen LogP contribution >= 0.6 is 0 Å². The molecule has 0 radical (unpaired) electrons. The molecule has 1 N–H and O–H groups in total. The molecular weight excluding hydrogens is 246 g/mol. The van der Waals surface area contributed by atoms with Crippen molar-refractivity contribution in [1.29, 1.82) is 5.26 Å². The first kappa shape index (κ1) is 14.1. The van der Waals surface area contributed by atoms with Crippen LogP contribution in [0.25, 0.3) is 0 Å². The molecule has 0 aliphatic heterocycles. The molecule has 0 amide bonds. The minimum Gasteiger partial charge on any atom is -0.362 e. The number of anilines is 1. The summed E-state index contributed by atoms with van der Waals surface area (Å²) in [5.74, 6) is 0.652. The van der Waals surface area contributed by atoms with Crippen LogP contribution in [0.15, 0.2) is 36.4 Å². The minimum atomic E-state index is 0.113. The first-order chi connectivity index (χ1) is 9.63. The maximum atomic E-state index is 9.13. The lowest BCUT2D eigenvalue weighted by molar-refractivity contribution is 0.869. The number of hydrogen-bond acceptors (Lipinski definition) is 3. The van der Waals surface area contributed by atoms with Gasteiger partial charge in [-0.3, -0.25) is 0 Å². The SMILES string of the molecule is CCc1ccc(C(C)Nc2nc(C)ccc2C#N)cc1. The van der Waals surface area contributed by atoms with E-state index in [9.17, 15) is 0 Å². The number of pyridine rings is 1. The first-order valence-corrected chi connectivity index (χ1v) is 6.87. The molecule has 1 unspecified atom stereocenters. The Kier molecular flexibility index (Phi) is 4.37. The Morgan fingerprint density at radius 2 is 1.90 bits per heavy atom. The van der Waals surface area contributed by atoms with Crippen LogP contribution in [0.2, 0.25) is 0 Å². The van der Waals surface area contributed by atoms with E-state index in [1.165, 1.54) is 11.1 Å². The highest BCUT2D eigenvalue weighted by molar-refractivity contribution is 5.53. The van der Waals surface area contributed by atoms with E-state index in [1.54, 1.807) is 6.07 Å². The Morgan fingerprint density at radius 3 is 2.50 bits per heavy atom. The summed E-state index contributed by atoms with van der Waals surface area (Å²) in [5, 5.41) is 12.5. The summed E-state index contributed by atoms with van der Waals surface area (Å²) in [6.45, 7) is 6.14. The molecule has 0 saturated heterocycles. The average molecular weight is 265 g/mol. The first-order valence-electron chi connectivity index (χ1n) is 6.87. The monoisotopic (exact) mass is 265 g/mol. The standard InChI is InChI=1S/C17H19N3/c1-4-14-6-9-15(10-7-14)13(3)20-17-16(11-18)8-5-12(2)19-17/h5-10,13H,4H2,1-3H3,(H,19,20). The van der Waals surface area contributed by atoms with Gasteiger partial charge in [-0.1, -0.05) is 31.2 Å². The molecule has 0 fully saturated rings. The number of aromatic nitrogens is 1. The van der Waals surface area contributed by atoms with Gasteiger partial charge in [0.15, 0.2) is 0 Å². The van der Waals surface area contributed by atoms with Gasteiger partial charge in [0.2, 0.25) is 0 Å². The molecule has 2 aromatic rings. The Labute approximate surface area is 120 Å². The van der Waals surface area contributed by atoms with Crippen molar-refractivity contribution in [1.82, 2.24) is 4.98 Å². The van der Waals surface area contributed by atoms with Crippen LogP contribution < -0.4 is 5.32 Å². The van der Waals surface area contributed by atoms with Gasteiger partial charge in [-0.25, -0.2) is 4.98 Å². The van der Waals surface area contributed by atoms with Crippen molar-refractivity contribution in [2.45, 2.75) is 33.2 Å². The van der Waals surface area contributed by atoms with Crippen LogP contribution in [0.1, 0.15) is 42.3 Å². The summed E-state index contributed by atoms with van der Waals surface area (Å²) in [4.78, 5) is 4.41. The van der Waals surface area contributed by atoms with Gasteiger partial charge in [-0.2, -0.15) is 5.26 Å². The molecule has 1 atom stereocenters. The van der Waals surface area contributed by atoms with Crippen molar-refractivity contribution in [3.63, 3.8) is 0 Å². The van der Waals surface area contributed by atoms with Crippen LogP contribution in [0.4, 0.5) is 5.82 Å².